The highest BCUT2D eigenvalue weighted by Gasteiger charge is 2.61. The Balaban J connectivity index is 1.32. The third-order valence-corrected chi connectivity index (χ3v) is 8.69. The molecule has 0 radical (unpaired) electrons. The Bertz CT molecular complexity index is 1050. The van der Waals surface area contributed by atoms with E-state index >= 15 is 0 Å². The summed E-state index contributed by atoms with van der Waals surface area (Å²) >= 11 is 1.22. The Morgan fingerprint density at radius 2 is 1.71 bits per heavy atom. The van der Waals surface area contributed by atoms with Crippen molar-refractivity contribution in [3.05, 3.63) is 70.5 Å². The van der Waals surface area contributed by atoms with Gasteiger partial charge < -0.3 is 20.1 Å². The van der Waals surface area contributed by atoms with E-state index in [0.717, 1.165) is 17.5 Å². The number of benzene rings is 2. The second-order valence-corrected chi connectivity index (χ2v) is 10.9. The number of aliphatic hydroxyl groups excluding tert-OH is 3. The quantitative estimate of drug-likeness (QED) is 0.577. The Kier molecular flexibility index (Phi) is 6.26. The number of fused-ring (bicyclic) bond motifs is 1. The average molecular weight is 495 g/mol. The van der Waals surface area contributed by atoms with Crippen LogP contribution < -0.4 is 0 Å². The van der Waals surface area contributed by atoms with E-state index in [-0.39, 0.29) is 24.2 Å². The first-order valence-corrected chi connectivity index (χ1v) is 12.9. The van der Waals surface area contributed by atoms with Crippen molar-refractivity contribution in [2.75, 3.05) is 6.26 Å². The van der Waals surface area contributed by atoms with E-state index in [4.69, 9.17) is 4.74 Å². The van der Waals surface area contributed by atoms with Crippen molar-refractivity contribution in [1.29, 1.82) is 0 Å². The second kappa shape index (κ2) is 8.82. The predicted molar refractivity (Wildman–Crippen MR) is 123 cm³/mol. The van der Waals surface area contributed by atoms with Crippen molar-refractivity contribution in [2.45, 2.75) is 73.3 Å². The predicted octanol–water partition coefficient (Wildman–Crippen LogP) is 4.34. The fraction of sp³-hybridized carbons (Fsp3) is 0.538. The molecule has 0 bridgehead atoms. The average Bonchev–Trinajstić information content (AvgIpc) is 3.53. The summed E-state index contributed by atoms with van der Waals surface area (Å²) in [4.78, 5) is 0. The molecular weight excluding hydrogens is 465 g/mol. The molecule has 3 fully saturated rings. The van der Waals surface area contributed by atoms with E-state index < -0.39 is 41.6 Å². The normalized spacial score (nSPS) is 36.7. The van der Waals surface area contributed by atoms with Gasteiger partial charge in [-0.05, 0) is 64.8 Å². The second-order valence-electron chi connectivity index (χ2n) is 9.97. The van der Waals surface area contributed by atoms with E-state index in [1.807, 2.05) is 24.3 Å². The third kappa shape index (κ3) is 4.28. The largest absolute Gasteiger partial charge is 0.387 e. The molecule has 3 aliphatic rings. The summed E-state index contributed by atoms with van der Waals surface area (Å²) < 4.78 is 47.8. The summed E-state index contributed by atoms with van der Waals surface area (Å²) in [6, 6.07) is 12.3. The van der Waals surface area contributed by atoms with Crippen LogP contribution >= 0.6 is 11.8 Å². The molecule has 4 nitrogen and oxygen atoms in total. The highest BCUT2D eigenvalue weighted by atomic mass is 32.2. The van der Waals surface area contributed by atoms with Gasteiger partial charge in [0.05, 0.1) is 0 Å². The number of aliphatic hydroxyl groups is 3. The summed E-state index contributed by atoms with van der Waals surface area (Å²) in [5.41, 5.74) is 2.07. The van der Waals surface area contributed by atoms with Crippen LogP contribution in [0.15, 0.2) is 42.5 Å². The minimum atomic E-state index is -2.55. The molecule has 0 spiro atoms. The first-order chi connectivity index (χ1) is 16.1. The van der Waals surface area contributed by atoms with Crippen molar-refractivity contribution in [3.8, 4) is 0 Å². The van der Waals surface area contributed by atoms with Crippen LogP contribution in [0.4, 0.5) is 13.2 Å². The van der Waals surface area contributed by atoms with Gasteiger partial charge in [0.2, 0.25) is 5.92 Å². The van der Waals surface area contributed by atoms with Crippen LogP contribution in [0.1, 0.15) is 54.0 Å². The van der Waals surface area contributed by atoms with E-state index in [1.54, 1.807) is 12.3 Å². The number of thioether (sulfide) groups is 1. The lowest BCUT2D eigenvalue weighted by molar-refractivity contribution is -0.200. The van der Waals surface area contributed by atoms with E-state index in [1.165, 1.54) is 23.9 Å². The molecule has 3 unspecified atom stereocenters. The molecule has 0 aromatic heterocycles. The van der Waals surface area contributed by atoms with Crippen LogP contribution in [0.3, 0.4) is 0 Å². The topological polar surface area (TPSA) is 69.9 Å². The molecule has 2 aliphatic carbocycles. The standard InChI is InChI=1S/C26H29F3O4S/c1-34-24-22(32)20(30)21(31)23(33-24)15-4-7-19(27)16(11-15)10-14-2-5-17(6-3-14)25-8-9-26(28,29)13-18(25)12-25/h2-7,11,18,20-24,30-32H,8-10,12-13H2,1H3/t18?,20-,21-,22+,23?,24-,25?/m1/s1. The van der Waals surface area contributed by atoms with Gasteiger partial charge in [0.15, 0.2) is 0 Å². The van der Waals surface area contributed by atoms with Gasteiger partial charge in [-0.15, -0.1) is 11.8 Å². The van der Waals surface area contributed by atoms with Gasteiger partial charge in [-0.3, -0.25) is 0 Å². The number of rotatable bonds is 5. The maximum absolute atomic E-state index is 14.6. The molecule has 1 aliphatic heterocycles. The van der Waals surface area contributed by atoms with E-state index in [0.29, 0.717) is 24.0 Å². The molecule has 34 heavy (non-hydrogen) atoms. The van der Waals surface area contributed by atoms with Gasteiger partial charge in [-0.25, -0.2) is 13.2 Å². The van der Waals surface area contributed by atoms with Crippen molar-refractivity contribution >= 4 is 11.8 Å². The number of hydrogen-bond acceptors (Lipinski definition) is 5. The van der Waals surface area contributed by atoms with Crippen LogP contribution in [0.2, 0.25) is 0 Å². The zero-order chi connectivity index (χ0) is 24.3. The lowest BCUT2D eigenvalue weighted by Gasteiger charge is -2.40. The molecule has 5 rings (SSSR count). The summed E-state index contributed by atoms with van der Waals surface area (Å²) in [6.45, 7) is 0. The van der Waals surface area contributed by atoms with Gasteiger partial charge >= 0.3 is 0 Å². The molecule has 2 saturated carbocycles. The van der Waals surface area contributed by atoms with E-state index in [9.17, 15) is 28.5 Å². The van der Waals surface area contributed by atoms with Crippen LogP contribution in [0, 0.1) is 11.7 Å². The summed E-state index contributed by atoms with van der Waals surface area (Å²) in [6.07, 6.45) is -1.58. The number of hydrogen-bond donors (Lipinski definition) is 3. The Morgan fingerprint density at radius 3 is 2.38 bits per heavy atom. The number of alkyl halides is 2. The molecule has 7 atom stereocenters. The highest BCUT2D eigenvalue weighted by Crippen LogP contribution is 2.65. The third-order valence-electron chi connectivity index (χ3n) is 7.84. The van der Waals surface area contributed by atoms with Gasteiger partial charge in [0.1, 0.15) is 35.7 Å². The zero-order valence-electron chi connectivity index (χ0n) is 18.8. The fourth-order valence-electron chi connectivity index (χ4n) is 5.72. The van der Waals surface area contributed by atoms with Crippen molar-refractivity contribution in [2.24, 2.45) is 5.92 Å². The maximum Gasteiger partial charge on any atom is 0.248 e. The van der Waals surface area contributed by atoms with Gasteiger partial charge in [-0.1, -0.05) is 30.3 Å². The molecule has 8 heteroatoms. The Labute approximate surface area is 201 Å². The smallest absolute Gasteiger partial charge is 0.248 e. The first-order valence-electron chi connectivity index (χ1n) is 11.6. The van der Waals surface area contributed by atoms with Crippen molar-refractivity contribution in [3.63, 3.8) is 0 Å². The van der Waals surface area contributed by atoms with E-state index in [2.05, 4.69) is 0 Å². The lowest BCUT2D eigenvalue weighted by Crippen LogP contribution is -2.52. The highest BCUT2D eigenvalue weighted by molar-refractivity contribution is 7.99. The fourth-order valence-corrected chi connectivity index (χ4v) is 6.39. The van der Waals surface area contributed by atoms with Gasteiger partial charge in [-0.2, -0.15) is 0 Å². The van der Waals surface area contributed by atoms with Crippen LogP contribution in [-0.4, -0.2) is 51.2 Å². The molecule has 2 aromatic carbocycles. The van der Waals surface area contributed by atoms with Gasteiger partial charge in [0.25, 0.3) is 0 Å². The number of halogens is 3. The van der Waals surface area contributed by atoms with Crippen LogP contribution in [0.25, 0.3) is 0 Å². The Morgan fingerprint density at radius 1 is 0.971 bits per heavy atom. The minimum absolute atomic E-state index is 0.0367. The van der Waals surface area contributed by atoms with Crippen LogP contribution in [-0.2, 0) is 16.6 Å². The Hall–Kier alpha value is -1.58. The van der Waals surface area contributed by atoms with Crippen molar-refractivity contribution < 1.29 is 33.2 Å². The minimum Gasteiger partial charge on any atom is -0.387 e. The molecule has 1 heterocycles. The summed E-state index contributed by atoms with van der Waals surface area (Å²) in [7, 11) is 0. The molecule has 0 amide bonds. The molecule has 2 aromatic rings. The molecular formula is C26H29F3O4S. The molecule has 184 valence electrons. The lowest BCUT2D eigenvalue weighted by atomic mass is 9.81. The summed E-state index contributed by atoms with van der Waals surface area (Å²) in [5.74, 6) is -2.90. The monoisotopic (exact) mass is 494 g/mol. The summed E-state index contributed by atoms with van der Waals surface area (Å²) in [5, 5.41) is 30.7. The first kappa shape index (κ1) is 24.1. The zero-order valence-corrected chi connectivity index (χ0v) is 19.6. The SMILES string of the molecule is CS[C@H]1OC(c2ccc(F)c(Cc3ccc(C45CCC(F)(F)CC4C5)cc3)c2)[C@H](O)[C@@H](O)[C@@H]1O. The van der Waals surface area contributed by atoms with Crippen molar-refractivity contribution in [1.82, 2.24) is 0 Å². The van der Waals surface area contributed by atoms with Gasteiger partial charge in [0, 0.05) is 19.3 Å². The molecule has 1 saturated heterocycles. The van der Waals surface area contributed by atoms with Crippen LogP contribution in [0.5, 0.6) is 0 Å². The molecule has 3 N–H and O–H groups in total. The number of ether oxygens (including phenoxy) is 1. The maximum atomic E-state index is 14.6.